The van der Waals surface area contributed by atoms with E-state index in [0.29, 0.717) is 6.54 Å². The van der Waals surface area contributed by atoms with Crippen molar-refractivity contribution < 1.29 is 4.79 Å². The number of rotatable bonds is 5. The first-order chi connectivity index (χ1) is 10.5. The molecule has 2 N–H and O–H groups in total. The van der Waals surface area contributed by atoms with Gasteiger partial charge in [-0.3, -0.25) is 4.79 Å². The van der Waals surface area contributed by atoms with Crippen molar-refractivity contribution in [1.29, 1.82) is 0 Å². The minimum absolute atomic E-state index is 0.0159. The lowest BCUT2D eigenvalue weighted by atomic mass is 10.1. The maximum Gasteiger partial charge on any atom is 0.238 e. The molecule has 0 spiro atoms. The molecule has 0 saturated carbocycles. The smallest absolute Gasteiger partial charge is 0.238 e. The lowest BCUT2D eigenvalue weighted by molar-refractivity contribution is -0.115. The molecule has 2 aromatic rings. The van der Waals surface area contributed by atoms with Gasteiger partial charge in [0, 0.05) is 11.7 Å². The van der Waals surface area contributed by atoms with Crippen LogP contribution in [0, 0.1) is 20.8 Å². The molecule has 1 amide bonds. The third-order valence-electron chi connectivity index (χ3n) is 3.81. The Morgan fingerprint density at radius 3 is 2.23 bits per heavy atom. The standard InChI is InChI=1S/C19H24N2O/c1-13-10-14(2)19(15(3)11-13)21-18(22)12-20-16(4)17-8-6-5-7-9-17/h5-11,16,20H,12H2,1-4H3,(H,21,22). The molecule has 3 heteroatoms. The van der Waals surface area contributed by atoms with Gasteiger partial charge in [-0.05, 0) is 44.4 Å². The first-order valence-electron chi connectivity index (χ1n) is 7.63. The van der Waals surface area contributed by atoms with E-state index in [1.807, 2.05) is 32.0 Å². The second-order valence-corrected chi connectivity index (χ2v) is 5.84. The maximum atomic E-state index is 12.2. The Kier molecular flexibility index (Phi) is 5.34. The van der Waals surface area contributed by atoms with Crippen molar-refractivity contribution >= 4 is 11.6 Å². The number of aryl methyl sites for hydroxylation is 3. The molecule has 2 aromatic carbocycles. The summed E-state index contributed by atoms with van der Waals surface area (Å²) in [7, 11) is 0. The lowest BCUT2D eigenvalue weighted by Crippen LogP contribution is -2.30. The summed E-state index contributed by atoms with van der Waals surface area (Å²) in [5, 5.41) is 6.27. The third-order valence-corrected chi connectivity index (χ3v) is 3.81. The Balaban J connectivity index is 1.94. The first-order valence-corrected chi connectivity index (χ1v) is 7.63. The minimum Gasteiger partial charge on any atom is -0.324 e. The van der Waals surface area contributed by atoms with Crippen LogP contribution in [0.3, 0.4) is 0 Å². The van der Waals surface area contributed by atoms with Gasteiger partial charge in [0.1, 0.15) is 0 Å². The van der Waals surface area contributed by atoms with Gasteiger partial charge >= 0.3 is 0 Å². The van der Waals surface area contributed by atoms with Gasteiger partial charge in [-0.25, -0.2) is 0 Å². The summed E-state index contributed by atoms with van der Waals surface area (Å²) < 4.78 is 0. The van der Waals surface area contributed by atoms with E-state index in [1.165, 1.54) is 11.1 Å². The highest BCUT2D eigenvalue weighted by molar-refractivity contribution is 5.93. The van der Waals surface area contributed by atoms with Crippen LogP contribution in [0.1, 0.15) is 35.2 Å². The minimum atomic E-state index is -0.0159. The van der Waals surface area contributed by atoms with Crippen molar-refractivity contribution in [3.8, 4) is 0 Å². The second kappa shape index (κ2) is 7.23. The summed E-state index contributed by atoms with van der Waals surface area (Å²) in [5.41, 5.74) is 5.51. The molecule has 0 saturated heterocycles. The van der Waals surface area contributed by atoms with Gasteiger partial charge in [0.15, 0.2) is 0 Å². The summed E-state index contributed by atoms with van der Waals surface area (Å²) in [6.45, 7) is 8.47. The van der Waals surface area contributed by atoms with E-state index in [0.717, 1.165) is 16.8 Å². The van der Waals surface area contributed by atoms with E-state index in [-0.39, 0.29) is 11.9 Å². The maximum absolute atomic E-state index is 12.2. The van der Waals surface area contributed by atoms with E-state index in [4.69, 9.17) is 0 Å². The number of hydrogen-bond acceptors (Lipinski definition) is 2. The molecule has 0 heterocycles. The zero-order chi connectivity index (χ0) is 16.1. The molecule has 0 bridgehead atoms. The van der Waals surface area contributed by atoms with Crippen molar-refractivity contribution in [3.63, 3.8) is 0 Å². The predicted molar refractivity (Wildman–Crippen MR) is 92.1 cm³/mol. The van der Waals surface area contributed by atoms with Crippen LogP contribution in [0.25, 0.3) is 0 Å². The van der Waals surface area contributed by atoms with Crippen LogP contribution in [-0.2, 0) is 4.79 Å². The fraction of sp³-hybridized carbons (Fsp3) is 0.316. The molecule has 0 aliphatic rings. The number of carbonyl (C=O) groups excluding carboxylic acids is 1. The van der Waals surface area contributed by atoms with Gasteiger partial charge in [-0.2, -0.15) is 0 Å². The van der Waals surface area contributed by atoms with E-state index in [1.54, 1.807) is 0 Å². The molecule has 116 valence electrons. The number of hydrogen-bond donors (Lipinski definition) is 2. The van der Waals surface area contributed by atoms with Crippen molar-refractivity contribution in [3.05, 3.63) is 64.7 Å². The van der Waals surface area contributed by atoms with Crippen LogP contribution in [0.2, 0.25) is 0 Å². The highest BCUT2D eigenvalue weighted by atomic mass is 16.1. The molecule has 0 aliphatic heterocycles. The van der Waals surface area contributed by atoms with Gasteiger partial charge < -0.3 is 10.6 Å². The molecule has 1 atom stereocenters. The van der Waals surface area contributed by atoms with E-state index >= 15 is 0 Å². The SMILES string of the molecule is Cc1cc(C)c(NC(=O)CNC(C)c2ccccc2)c(C)c1. The fourth-order valence-electron chi connectivity index (χ4n) is 2.67. The Morgan fingerprint density at radius 2 is 1.64 bits per heavy atom. The third kappa shape index (κ3) is 4.18. The van der Waals surface area contributed by atoms with Crippen molar-refractivity contribution in [2.75, 3.05) is 11.9 Å². The number of amides is 1. The van der Waals surface area contributed by atoms with Crippen molar-refractivity contribution in [1.82, 2.24) is 5.32 Å². The van der Waals surface area contributed by atoms with E-state index in [2.05, 4.69) is 48.7 Å². The molecule has 2 rings (SSSR count). The number of benzene rings is 2. The van der Waals surface area contributed by atoms with Crippen LogP contribution in [0.5, 0.6) is 0 Å². The van der Waals surface area contributed by atoms with E-state index in [9.17, 15) is 4.79 Å². The second-order valence-electron chi connectivity index (χ2n) is 5.84. The van der Waals surface area contributed by atoms with Crippen LogP contribution < -0.4 is 10.6 Å². The summed E-state index contributed by atoms with van der Waals surface area (Å²) >= 11 is 0. The van der Waals surface area contributed by atoms with Crippen LogP contribution in [-0.4, -0.2) is 12.5 Å². The molecule has 0 fully saturated rings. The van der Waals surface area contributed by atoms with Gasteiger partial charge in [-0.1, -0.05) is 48.0 Å². The zero-order valence-electron chi connectivity index (χ0n) is 13.7. The average Bonchev–Trinajstić information content (AvgIpc) is 2.49. The summed E-state index contributed by atoms with van der Waals surface area (Å²) in [5.74, 6) is -0.0159. The normalized spacial score (nSPS) is 12.0. The number of carbonyl (C=O) groups is 1. The van der Waals surface area contributed by atoms with Crippen LogP contribution in [0.15, 0.2) is 42.5 Å². The first kappa shape index (κ1) is 16.2. The monoisotopic (exact) mass is 296 g/mol. The highest BCUT2D eigenvalue weighted by Crippen LogP contribution is 2.21. The van der Waals surface area contributed by atoms with Crippen molar-refractivity contribution in [2.45, 2.75) is 33.7 Å². The molecule has 0 radical (unpaired) electrons. The Labute approximate surface area is 132 Å². The summed E-state index contributed by atoms with van der Waals surface area (Å²) in [6, 6.07) is 14.4. The Hall–Kier alpha value is -2.13. The van der Waals surface area contributed by atoms with Gasteiger partial charge in [0.2, 0.25) is 5.91 Å². The molecule has 0 aliphatic carbocycles. The molecule has 1 unspecified atom stereocenters. The number of anilines is 1. The Bertz CT molecular complexity index is 627. The summed E-state index contributed by atoms with van der Waals surface area (Å²) in [6.07, 6.45) is 0. The number of nitrogens with one attached hydrogen (secondary N) is 2. The topological polar surface area (TPSA) is 41.1 Å². The van der Waals surface area contributed by atoms with E-state index < -0.39 is 0 Å². The predicted octanol–water partition coefficient (Wildman–Crippen LogP) is 3.90. The lowest BCUT2D eigenvalue weighted by Gasteiger charge is -2.16. The van der Waals surface area contributed by atoms with Crippen LogP contribution in [0.4, 0.5) is 5.69 Å². The van der Waals surface area contributed by atoms with Crippen molar-refractivity contribution in [2.24, 2.45) is 0 Å². The fourth-order valence-corrected chi connectivity index (χ4v) is 2.67. The highest BCUT2D eigenvalue weighted by Gasteiger charge is 2.10. The largest absolute Gasteiger partial charge is 0.324 e. The quantitative estimate of drug-likeness (QED) is 0.878. The molecule has 0 aromatic heterocycles. The summed E-state index contributed by atoms with van der Waals surface area (Å²) in [4.78, 5) is 12.2. The van der Waals surface area contributed by atoms with Gasteiger partial charge in [0.25, 0.3) is 0 Å². The zero-order valence-corrected chi connectivity index (χ0v) is 13.7. The van der Waals surface area contributed by atoms with Crippen LogP contribution >= 0.6 is 0 Å². The molecular weight excluding hydrogens is 272 g/mol. The Morgan fingerprint density at radius 1 is 1.05 bits per heavy atom. The average molecular weight is 296 g/mol. The molecule has 22 heavy (non-hydrogen) atoms. The molecular formula is C19H24N2O. The van der Waals surface area contributed by atoms with Gasteiger partial charge in [0.05, 0.1) is 6.54 Å². The molecule has 3 nitrogen and oxygen atoms in total. The van der Waals surface area contributed by atoms with Gasteiger partial charge in [-0.15, -0.1) is 0 Å².